The van der Waals surface area contributed by atoms with Crippen molar-refractivity contribution in [1.82, 2.24) is 4.90 Å². The second-order valence-electron chi connectivity index (χ2n) is 7.26. The largest absolute Gasteiger partial charge is 0.484 e. The molecule has 2 atom stereocenters. The number of aryl methyl sites for hydroxylation is 1. The molecule has 1 aliphatic carbocycles. The third kappa shape index (κ3) is 6.56. The van der Waals surface area contributed by atoms with Crippen LogP contribution in [0.4, 0.5) is 0 Å². The highest BCUT2D eigenvalue weighted by Crippen LogP contribution is 2.28. The number of hydrogen-bond donors (Lipinski definition) is 0. The minimum absolute atomic E-state index is 0.00246. The number of ether oxygens (including phenoxy) is 2. The zero-order valence-electron chi connectivity index (χ0n) is 16.9. The third-order valence-electron chi connectivity index (χ3n) is 5.34. The van der Waals surface area contributed by atoms with Gasteiger partial charge in [0.25, 0.3) is 5.91 Å². The topological polar surface area (TPSA) is 55.8 Å². The van der Waals surface area contributed by atoms with E-state index in [1.54, 1.807) is 6.92 Å². The quantitative estimate of drug-likeness (QED) is 0.613. The van der Waals surface area contributed by atoms with Crippen molar-refractivity contribution in [2.75, 3.05) is 19.8 Å². The molecule has 1 aromatic rings. The average Bonchev–Trinajstić information content (AvgIpc) is 2.68. The summed E-state index contributed by atoms with van der Waals surface area (Å²) in [6.45, 7) is 6.85. The van der Waals surface area contributed by atoms with E-state index in [1.807, 2.05) is 29.2 Å². The lowest BCUT2D eigenvalue weighted by molar-refractivity contribution is -0.145. The van der Waals surface area contributed by atoms with Gasteiger partial charge < -0.3 is 14.4 Å². The van der Waals surface area contributed by atoms with Crippen LogP contribution >= 0.6 is 0 Å². The highest BCUT2D eigenvalue weighted by molar-refractivity contribution is 5.79. The van der Waals surface area contributed by atoms with Crippen LogP contribution < -0.4 is 4.74 Å². The Bertz CT molecular complexity index is 599. The van der Waals surface area contributed by atoms with Gasteiger partial charge in [0.15, 0.2) is 6.61 Å². The molecular formula is C22H33NO4. The Morgan fingerprint density at radius 2 is 1.81 bits per heavy atom. The van der Waals surface area contributed by atoms with Gasteiger partial charge in [0.2, 0.25) is 0 Å². The molecular weight excluding hydrogens is 342 g/mol. The first-order chi connectivity index (χ1) is 13.0. The van der Waals surface area contributed by atoms with Crippen molar-refractivity contribution in [1.29, 1.82) is 0 Å². The maximum absolute atomic E-state index is 12.9. The van der Waals surface area contributed by atoms with Crippen LogP contribution in [-0.4, -0.2) is 42.6 Å². The molecule has 2 rings (SSSR count). The van der Waals surface area contributed by atoms with E-state index in [0.29, 0.717) is 24.8 Å². The van der Waals surface area contributed by atoms with Crippen molar-refractivity contribution in [2.45, 2.75) is 65.3 Å². The third-order valence-corrected chi connectivity index (χ3v) is 5.34. The van der Waals surface area contributed by atoms with E-state index in [-0.39, 0.29) is 30.9 Å². The molecule has 27 heavy (non-hydrogen) atoms. The van der Waals surface area contributed by atoms with Crippen molar-refractivity contribution in [2.24, 2.45) is 5.92 Å². The van der Waals surface area contributed by atoms with Gasteiger partial charge in [0.1, 0.15) is 5.75 Å². The van der Waals surface area contributed by atoms with Gasteiger partial charge >= 0.3 is 5.97 Å². The summed E-state index contributed by atoms with van der Waals surface area (Å²) in [5.74, 6) is 0.823. The molecule has 0 N–H and O–H groups in total. The Labute approximate surface area is 163 Å². The SMILES string of the molecule is CCOC(=O)CCN(C(=O)COc1ccc(CC)cc1)C1CCCCC1C. The van der Waals surface area contributed by atoms with E-state index in [4.69, 9.17) is 9.47 Å². The molecule has 0 aromatic heterocycles. The van der Waals surface area contributed by atoms with Gasteiger partial charge in [-0.15, -0.1) is 0 Å². The normalized spacial score (nSPS) is 19.4. The summed E-state index contributed by atoms with van der Waals surface area (Å²) >= 11 is 0. The minimum Gasteiger partial charge on any atom is -0.484 e. The molecule has 1 saturated carbocycles. The highest BCUT2D eigenvalue weighted by Gasteiger charge is 2.31. The summed E-state index contributed by atoms with van der Waals surface area (Å²) in [5, 5.41) is 0. The maximum Gasteiger partial charge on any atom is 0.307 e. The maximum atomic E-state index is 12.9. The molecule has 0 heterocycles. The van der Waals surface area contributed by atoms with Crippen molar-refractivity contribution < 1.29 is 19.1 Å². The Hall–Kier alpha value is -2.04. The van der Waals surface area contributed by atoms with E-state index in [0.717, 1.165) is 25.7 Å². The standard InChI is InChI=1S/C22H33NO4/c1-4-18-10-12-19(13-11-18)27-16-21(24)23(15-14-22(25)26-5-2)20-9-7-6-8-17(20)3/h10-13,17,20H,4-9,14-16H2,1-3H3. The molecule has 1 amide bonds. The number of rotatable bonds is 9. The number of nitrogens with zero attached hydrogens (tertiary/aromatic N) is 1. The lowest BCUT2D eigenvalue weighted by Crippen LogP contribution is -2.48. The van der Waals surface area contributed by atoms with Crippen molar-refractivity contribution >= 4 is 11.9 Å². The Balaban J connectivity index is 1.98. The van der Waals surface area contributed by atoms with Crippen LogP contribution in [0.1, 0.15) is 58.4 Å². The number of benzene rings is 1. The van der Waals surface area contributed by atoms with E-state index in [1.165, 1.54) is 12.0 Å². The summed E-state index contributed by atoms with van der Waals surface area (Å²) in [6, 6.07) is 8.01. The van der Waals surface area contributed by atoms with Crippen LogP contribution in [0.25, 0.3) is 0 Å². The second kappa shape index (κ2) is 11.0. The summed E-state index contributed by atoms with van der Waals surface area (Å²) in [4.78, 5) is 26.5. The van der Waals surface area contributed by atoms with E-state index < -0.39 is 0 Å². The van der Waals surface area contributed by atoms with Crippen LogP contribution in [0, 0.1) is 5.92 Å². The number of esters is 1. The van der Waals surface area contributed by atoms with Crippen LogP contribution in [-0.2, 0) is 20.7 Å². The molecule has 5 nitrogen and oxygen atoms in total. The van der Waals surface area contributed by atoms with Crippen molar-refractivity contribution in [3.05, 3.63) is 29.8 Å². The fourth-order valence-electron chi connectivity index (χ4n) is 3.73. The second-order valence-corrected chi connectivity index (χ2v) is 7.26. The fourth-order valence-corrected chi connectivity index (χ4v) is 3.73. The Morgan fingerprint density at radius 3 is 2.44 bits per heavy atom. The lowest BCUT2D eigenvalue weighted by Gasteiger charge is -2.38. The first kappa shape index (κ1) is 21.3. The van der Waals surface area contributed by atoms with Gasteiger partial charge in [0, 0.05) is 12.6 Å². The Morgan fingerprint density at radius 1 is 1.11 bits per heavy atom. The lowest BCUT2D eigenvalue weighted by atomic mass is 9.84. The molecule has 1 aromatic carbocycles. The van der Waals surface area contributed by atoms with E-state index in [2.05, 4.69) is 13.8 Å². The molecule has 2 unspecified atom stereocenters. The van der Waals surface area contributed by atoms with Crippen molar-refractivity contribution in [3.63, 3.8) is 0 Å². The van der Waals surface area contributed by atoms with Crippen LogP contribution in [0.2, 0.25) is 0 Å². The van der Waals surface area contributed by atoms with E-state index >= 15 is 0 Å². The summed E-state index contributed by atoms with van der Waals surface area (Å²) < 4.78 is 10.8. The van der Waals surface area contributed by atoms with Gasteiger partial charge in [-0.1, -0.05) is 38.8 Å². The average molecular weight is 376 g/mol. The van der Waals surface area contributed by atoms with Crippen LogP contribution in [0.15, 0.2) is 24.3 Å². The Kier molecular flexibility index (Phi) is 8.62. The van der Waals surface area contributed by atoms with Gasteiger partial charge in [-0.25, -0.2) is 0 Å². The van der Waals surface area contributed by atoms with Gasteiger partial charge in [-0.05, 0) is 49.8 Å². The molecule has 0 radical (unpaired) electrons. The molecule has 150 valence electrons. The highest BCUT2D eigenvalue weighted by atomic mass is 16.5. The van der Waals surface area contributed by atoms with Gasteiger partial charge in [-0.2, -0.15) is 0 Å². The molecule has 0 aliphatic heterocycles. The monoisotopic (exact) mass is 375 g/mol. The molecule has 5 heteroatoms. The van der Waals surface area contributed by atoms with Gasteiger partial charge in [0.05, 0.1) is 13.0 Å². The zero-order chi connectivity index (χ0) is 19.6. The summed E-state index contributed by atoms with van der Waals surface area (Å²) in [6.07, 6.45) is 5.64. The van der Waals surface area contributed by atoms with Crippen LogP contribution in [0.3, 0.4) is 0 Å². The summed E-state index contributed by atoms with van der Waals surface area (Å²) in [7, 11) is 0. The molecule has 1 aliphatic rings. The number of hydrogen-bond acceptors (Lipinski definition) is 4. The summed E-state index contributed by atoms with van der Waals surface area (Å²) in [5.41, 5.74) is 1.24. The number of amides is 1. The molecule has 1 fully saturated rings. The minimum atomic E-state index is -0.255. The predicted octanol–water partition coefficient (Wildman–Crippen LogP) is 3.99. The molecule has 0 saturated heterocycles. The first-order valence-electron chi connectivity index (χ1n) is 10.2. The molecule has 0 spiro atoms. The zero-order valence-corrected chi connectivity index (χ0v) is 16.9. The first-order valence-corrected chi connectivity index (χ1v) is 10.2. The van der Waals surface area contributed by atoms with Crippen LogP contribution in [0.5, 0.6) is 5.75 Å². The van der Waals surface area contributed by atoms with Gasteiger partial charge in [-0.3, -0.25) is 9.59 Å². The number of carbonyl (C=O) groups excluding carboxylic acids is 2. The van der Waals surface area contributed by atoms with E-state index in [9.17, 15) is 9.59 Å². The molecule has 0 bridgehead atoms. The predicted molar refractivity (Wildman–Crippen MR) is 106 cm³/mol. The van der Waals surface area contributed by atoms with Crippen molar-refractivity contribution in [3.8, 4) is 5.75 Å². The fraction of sp³-hybridized carbons (Fsp3) is 0.636. The number of carbonyl (C=O) groups is 2. The smallest absolute Gasteiger partial charge is 0.307 e.